The Hall–Kier alpha value is -3.55. The molecule has 1 atom stereocenters. The Kier molecular flexibility index (Phi) is 6.36. The second kappa shape index (κ2) is 9.48. The van der Waals surface area contributed by atoms with Crippen LogP contribution in [0.3, 0.4) is 0 Å². The van der Waals surface area contributed by atoms with Crippen LogP contribution in [0.4, 0.5) is 0 Å². The minimum Gasteiger partial charge on any atom is -0.496 e. The molecule has 190 valence electrons. The summed E-state index contributed by atoms with van der Waals surface area (Å²) in [7, 11) is 3.22. The molecule has 2 amide bonds. The number of amides is 2. The molecular weight excluding hydrogens is 456 g/mol. The maximum atomic E-state index is 14.1. The molecule has 8 heteroatoms. The van der Waals surface area contributed by atoms with E-state index in [0.717, 1.165) is 42.1 Å². The Labute approximate surface area is 211 Å². The fourth-order valence-electron chi connectivity index (χ4n) is 5.62. The zero-order chi connectivity index (χ0) is 25.4. The molecular formula is C28H34N4O4. The molecule has 8 nitrogen and oxygen atoms in total. The van der Waals surface area contributed by atoms with Crippen molar-refractivity contribution in [3.63, 3.8) is 0 Å². The van der Waals surface area contributed by atoms with Crippen molar-refractivity contribution in [2.24, 2.45) is 5.92 Å². The van der Waals surface area contributed by atoms with E-state index in [0.29, 0.717) is 29.7 Å². The largest absolute Gasteiger partial charge is 0.496 e. The standard InChI is InChI=1S/C28H34N4O4/c1-18-7-9-20(10-8-18)30-27(34)28(2)17-31-22(26(33)32(28)16-19-6-5-13-29-15-19)14-21-23(35-3)11-12-24(36-4)25(21)31/h5-6,11-15,18,20H,7-10,16-17H2,1-4H3,(H,30,34)/t18?,20?,28-/m1/s1. The number of carbonyl (C=O) groups excluding carboxylic acids is 2. The average molecular weight is 491 g/mol. The van der Waals surface area contributed by atoms with Gasteiger partial charge >= 0.3 is 0 Å². The highest BCUT2D eigenvalue weighted by atomic mass is 16.5. The van der Waals surface area contributed by atoms with E-state index < -0.39 is 5.54 Å². The molecule has 0 radical (unpaired) electrons. The molecule has 3 heterocycles. The van der Waals surface area contributed by atoms with Crippen LogP contribution in [0.15, 0.2) is 42.7 Å². The third-order valence-electron chi connectivity index (χ3n) is 7.85. The number of aromatic nitrogens is 2. The van der Waals surface area contributed by atoms with E-state index in [1.54, 1.807) is 31.5 Å². The molecule has 0 unspecified atom stereocenters. The third-order valence-corrected chi connectivity index (χ3v) is 7.85. The number of carbonyl (C=O) groups is 2. The predicted octanol–water partition coefficient (Wildman–Crippen LogP) is 4.16. The molecule has 1 aromatic carbocycles. The van der Waals surface area contributed by atoms with Gasteiger partial charge in [0.2, 0.25) is 5.91 Å². The van der Waals surface area contributed by atoms with Crippen LogP contribution in [0, 0.1) is 5.92 Å². The first-order valence-electron chi connectivity index (χ1n) is 12.6. The number of hydrogen-bond acceptors (Lipinski definition) is 5. The van der Waals surface area contributed by atoms with Gasteiger partial charge in [0.15, 0.2) is 0 Å². The maximum absolute atomic E-state index is 14.1. The minimum atomic E-state index is -1.11. The summed E-state index contributed by atoms with van der Waals surface area (Å²) in [6.45, 7) is 4.71. The van der Waals surface area contributed by atoms with Gasteiger partial charge < -0.3 is 24.3 Å². The van der Waals surface area contributed by atoms with Crippen molar-refractivity contribution in [3.05, 3.63) is 54.0 Å². The van der Waals surface area contributed by atoms with Crippen LogP contribution in [0.2, 0.25) is 0 Å². The van der Waals surface area contributed by atoms with Crippen molar-refractivity contribution >= 4 is 22.7 Å². The van der Waals surface area contributed by atoms with Gasteiger partial charge in [0.05, 0.1) is 26.3 Å². The molecule has 1 fully saturated rings. The number of fused-ring (bicyclic) bond motifs is 3. The minimum absolute atomic E-state index is 0.123. The number of hydrogen-bond donors (Lipinski definition) is 1. The van der Waals surface area contributed by atoms with E-state index in [-0.39, 0.29) is 24.4 Å². The number of rotatable bonds is 6. The molecule has 0 spiro atoms. The second-order valence-corrected chi connectivity index (χ2v) is 10.3. The normalized spacial score (nSPS) is 23.9. The number of methoxy groups -OCH3 is 2. The van der Waals surface area contributed by atoms with E-state index in [9.17, 15) is 9.59 Å². The summed E-state index contributed by atoms with van der Waals surface area (Å²) >= 11 is 0. The number of benzene rings is 1. The SMILES string of the molecule is COc1ccc(OC)c2c1cc1n2C[C@](C)(C(=O)NC2CCC(C)CC2)N(Cc2cccnc2)C1=O. The monoisotopic (exact) mass is 490 g/mol. The van der Waals surface area contributed by atoms with E-state index in [1.807, 2.05) is 41.8 Å². The van der Waals surface area contributed by atoms with Crippen LogP contribution >= 0.6 is 0 Å². The predicted molar refractivity (Wildman–Crippen MR) is 137 cm³/mol. The van der Waals surface area contributed by atoms with E-state index >= 15 is 0 Å². The van der Waals surface area contributed by atoms with Gasteiger partial charge in [0.25, 0.3) is 5.91 Å². The first-order chi connectivity index (χ1) is 17.4. The van der Waals surface area contributed by atoms with Gasteiger partial charge in [-0.2, -0.15) is 0 Å². The van der Waals surface area contributed by atoms with Gasteiger partial charge in [-0.1, -0.05) is 13.0 Å². The lowest BCUT2D eigenvalue weighted by Gasteiger charge is -2.45. The van der Waals surface area contributed by atoms with Gasteiger partial charge in [-0.3, -0.25) is 14.6 Å². The van der Waals surface area contributed by atoms with Gasteiger partial charge in [-0.15, -0.1) is 0 Å². The highest BCUT2D eigenvalue weighted by Crippen LogP contribution is 2.40. The molecule has 0 saturated heterocycles. The molecule has 1 aliphatic carbocycles. The lowest BCUT2D eigenvalue weighted by Crippen LogP contribution is -2.64. The molecule has 0 bridgehead atoms. The van der Waals surface area contributed by atoms with Crippen LogP contribution < -0.4 is 14.8 Å². The van der Waals surface area contributed by atoms with E-state index in [1.165, 1.54) is 0 Å². The van der Waals surface area contributed by atoms with E-state index in [2.05, 4.69) is 17.2 Å². The molecule has 2 aromatic heterocycles. The third kappa shape index (κ3) is 4.08. The summed E-state index contributed by atoms with van der Waals surface area (Å²) < 4.78 is 13.2. The summed E-state index contributed by atoms with van der Waals surface area (Å²) in [5.41, 5.74) is 1.03. The first-order valence-corrected chi connectivity index (χ1v) is 12.6. The van der Waals surface area contributed by atoms with Crippen molar-refractivity contribution in [1.29, 1.82) is 0 Å². The molecule has 3 aromatic rings. The first kappa shape index (κ1) is 24.2. The van der Waals surface area contributed by atoms with Crippen molar-refractivity contribution in [1.82, 2.24) is 19.8 Å². The number of nitrogens with one attached hydrogen (secondary N) is 1. The Morgan fingerprint density at radius 2 is 1.86 bits per heavy atom. The zero-order valence-electron chi connectivity index (χ0n) is 21.4. The number of ether oxygens (including phenoxy) is 2. The topological polar surface area (TPSA) is 85.7 Å². The van der Waals surface area contributed by atoms with Crippen molar-refractivity contribution in [3.8, 4) is 11.5 Å². The average Bonchev–Trinajstić information content (AvgIpc) is 3.27. The molecule has 5 rings (SSSR count). The lowest BCUT2D eigenvalue weighted by atomic mass is 9.86. The zero-order valence-corrected chi connectivity index (χ0v) is 21.4. The van der Waals surface area contributed by atoms with Crippen LogP contribution in [-0.4, -0.2) is 52.1 Å². The molecule has 1 N–H and O–H groups in total. The van der Waals surface area contributed by atoms with E-state index in [4.69, 9.17) is 9.47 Å². The van der Waals surface area contributed by atoms with Gasteiger partial charge in [-0.05, 0) is 68.4 Å². The van der Waals surface area contributed by atoms with Gasteiger partial charge in [-0.25, -0.2) is 0 Å². The van der Waals surface area contributed by atoms with Crippen molar-refractivity contribution < 1.29 is 19.1 Å². The Balaban J connectivity index is 1.59. The summed E-state index contributed by atoms with van der Waals surface area (Å²) in [5, 5.41) is 4.08. The fourth-order valence-corrected chi connectivity index (χ4v) is 5.62. The van der Waals surface area contributed by atoms with Gasteiger partial charge in [0, 0.05) is 30.4 Å². The van der Waals surface area contributed by atoms with Crippen LogP contribution in [0.1, 0.15) is 55.6 Å². The maximum Gasteiger partial charge on any atom is 0.271 e. The smallest absolute Gasteiger partial charge is 0.271 e. The summed E-state index contributed by atoms with van der Waals surface area (Å²) in [5.74, 6) is 1.63. The van der Waals surface area contributed by atoms with Gasteiger partial charge in [0.1, 0.15) is 22.7 Å². The van der Waals surface area contributed by atoms with Crippen LogP contribution in [-0.2, 0) is 17.9 Å². The van der Waals surface area contributed by atoms with Crippen LogP contribution in [0.5, 0.6) is 11.5 Å². The summed E-state index contributed by atoms with van der Waals surface area (Å²) in [6.07, 6.45) is 7.57. The molecule has 1 saturated carbocycles. The summed E-state index contributed by atoms with van der Waals surface area (Å²) in [4.78, 5) is 33.9. The summed E-state index contributed by atoms with van der Waals surface area (Å²) in [6, 6.07) is 9.41. The Morgan fingerprint density at radius 3 is 2.53 bits per heavy atom. The number of pyridine rings is 1. The number of nitrogens with zero attached hydrogens (tertiary/aromatic N) is 3. The Morgan fingerprint density at radius 1 is 1.14 bits per heavy atom. The second-order valence-electron chi connectivity index (χ2n) is 10.3. The van der Waals surface area contributed by atoms with Crippen LogP contribution in [0.25, 0.3) is 10.9 Å². The Bertz CT molecular complexity index is 1280. The fraction of sp³-hybridized carbons (Fsp3) is 0.464. The lowest BCUT2D eigenvalue weighted by molar-refractivity contribution is -0.134. The highest BCUT2D eigenvalue weighted by molar-refractivity contribution is 6.05. The molecule has 36 heavy (non-hydrogen) atoms. The molecule has 2 aliphatic rings. The highest BCUT2D eigenvalue weighted by Gasteiger charge is 2.48. The van der Waals surface area contributed by atoms with Crippen molar-refractivity contribution in [2.75, 3.05) is 14.2 Å². The van der Waals surface area contributed by atoms with Crippen molar-refractivity contribution in [2.45, 2.75) is 64.2 Å². The molecule has 1 aliphatic heterocycles. The quantitative estimate of drug-likeness (QED) is 0.561.